The van der Waals surface area contributed by atoms with Gasteiger partial charge in [-0.3, -0.25) is 10.1 Å². The number of anilines is 3. The summed E-state index contributed by atoms with van der Waals surface area (Å²) >= 11 is 1.67. The normalized spacial score (nSPS) is 18.8. The van der Waals surface area contributed by atoms with Crippen LogP contribution < -0.4 is 10.2 Å². The number of nitrogens with one attached hydrogen (secondary N) is 1. The standard InChI is InChI=1S/C27H27N7O3S/c1-17-15-32(16-18(2)37-17)21-8-6-20(7-9-21)29-26-28-11-10-23(30-26)25-24(31-27-33(25)12-13-38-27)19-4-3-5-22(14-19)34(35)36/h3-11,14,17-18H,12-13,15-16H2,1-2H3,(H,28,29,30). The van der Waals surface area contributed by atoms with Crippen LogP contribution in [-0.4, -0.2) is 55.5 Å². The molecule has 0 radical (unpaired) electrons. The molecule has 4 heterocycles. The summed E-state index contributed by atoms with van der Waals surface area (Å²) in [5.41, 5.74) is 4.98. The van der Waals surface area contributed by atoms with Crippen molar-refractivity contribution in [3.05, 3.63) is 70.9 Å². The second kappa shape index (κ2) is 10.1. The molecule has 4 aromatic rings. The Labute approximate surface area is 224 Å². The van der Waals surface area contributed by atoms with E-state index in [1.165, 1.54) is 6.07 Å². The van der Waals surface area contributed by atoms with E-state index in [2.05, 4.69) is 45.7 Å². The lowest BCUT2D eigenvalue weighted by Crippen LogP contribution is -2.45. The molecule has 2 atom stereocenters. The lowest BCUT2D eigenvalue weighted by molar-refractivity contribution is -0.384. The minimum absolute atomic E-state index is 0.0312. The molecule has 2 aromatic heterocycles. The number of benzene rings is 2. The van der Waals surface area contributed by atoms with Gasteiger partial charge in [0.1, 0.15) is 0 Å². The van der Waals surface area contributed by atoms with E-state index in [9.17, 15) is 10.1 Å². The third kappa shape index (κ3) is 4.82. The third-order valence-electron chi connectivity index (χ3n) is 6.62. The van der Waals surface area contributed by atoms with Gasteiger partial charge in [-0.2, -0.15) is 0 Å². The van der Waals surface area contributed by atoms with Crippen LogP contribution >= 0.6 is 11.8 Å². The Morgan fingerprint density at radius 3 is 2.63 bits per heavy atom. The van der Waals surface area contributed by atoms with Gasteiger partial charge in [0.15, 0.2) is 5.16 Å². The van der Waals surface area contributed by atoms with Crippen molar-refractivity contribution in [3.63, 3.8) is 0 Å². The van der Waals surface area contributed by atoms with Gasteiger partial charge in [-0.25, -0.2) is 15.0 Å². The number of imidazole rings is 1. The zero-order valence-electron chi connectivity index (χ0n) is 21.1. The van der Waals surface area contributed by atoms with Crippen LogP contribution in [0.15, 0.2) is 66.0 Å². The minimum atomic E-state index is -0.389. The van der Waals surface area contributed by atoms with Gasteiger partial charge in [0, 0.05) is 60.7 Å². The summed E-state index contributed by atoms with van der Waals surface area (Å²) in [6, 6.07) is 16.7. The zero-order valence-corrected chi connectivity index (χ0v) is 21.9. The Morgan fingerprint density at radius 1 is 1.08 bits per heavy atom. The summed E-state index contributed by atoms with van der Waals surface area (Å²) < 4.78 is 7.98. The van der Waals surface area contributed by atoms with E-state index in [1.807, 2.05) is 24.3 Å². The number of nitro groups is 1. The van der Waals surface area contributed by atoms with Gasteiger partial charge in [-0.1, -0.05) is 23.9 Å². The van der Waals surface area contributed by atoms with E-state index in [1.54, 1.807) is 30.1 Å². The average molecular weight is 530 g/mol. The van der Waals surface area contributed by atoms with E-state index >= 15 is 0 Å². The highest BCUT2D eigenvalue weighted by Gasteiger charge is 2.26. The molecule has 2 aliphatic rings. The van der Waals surface area contributed by atoms with Crippen molar-refractivity contribution in [1.29, 1.82) is 0 Å². The fraction of sp³-hybridized carbons (Fsp3) is 0.296. The molecule has 0 amide bonds. The summed E-state index contributed by atoms with van der Waals surface area (Å²) in [5, 5.41) is 15.6. The molecule has 11 heteroatoms. The second-order valence-corrected chi connectivity index (χ2v) is 10.6. The molecule has 194 valence electrons. The summed E-state index contributed by atoms with van der Waals surface area (Å²) in [4.78, 5) is 27.4. The molecule has 1 fully saturated rings. The van der Waals surface area contributed by atoms with Crippen LogP contribution in [0.2, 0.25) is 0 Å². The maximum atomic E-state index is 11.4. The zero-order chi connectivity index (χ0) is 26.2. The van der Waals surface area contributed by atoms with Crippen LogP contribution in [0, 0.1) is 10.1 Å². The highest BCUT2D eigenvalue weighted by molar-refractivity contribution is 7.99. The topological polar surface area (TPSA) is 111 Å². The predicted molar refractivity (Wildman–Crippen MR) is 148 cm³/mol. The van der Waals surface area contributed by atoms with Gasteiger partial charge in [-0.15, -0.1) is 0 Å². The maximum absolute atomic E-state index is 11.4. The molecule has 2 aromatic carbocycles. The summed E-state index contributed by atoms with van der Waals surface area (Å²) in [6.45, 7) is 6.72. The molecule has 0 spiro atoms. The summed E-state index contributed by atoms with van der Waals surface area (Å²) in [7, 11) is 0. The predicted octanol–water partition coefficient (Wildman–Crippen LogP) is 5.38. The minimum Gasteiger partial charge on any atom is -0.372 e. The number of morpholine rings is 1. The smallest absolute Gasteiger partial charge is 0.270 e. The number of aromatic nitrogens is 4. The van der Waals surface area contributed by atoms with Crippen molar-refractivity contribution in [2.75, 3.05) is 29.1 Å². The number of ether oxygens (including phenoxy) is 1. The number of thioether (sulfide) groups is 1. The van der Waals surface area contributed by atoms with Gasteiger partial charge >= 0.3 is 0 Å². The summed E-state index contributed by atoms with van der Waals surface area (Å²) in [5.74, 6) is 1.39. The SMILES string of the molecule is CC1CN(c2ccc(Nc3nccc(-c4c(-c5cccc([N+](=O)[O-])c5)nc5n4CCS5)n3)cc2)CC(C)O1. The van der Waals surface area contributed by atoms with E-state index < -0.39 is 0 Å². The fourth-order valence-corrected chi connectivity index (χ4v) is 5.98. The molecule has 1 N–H and O–H groups in total. The molecule has 38 heavy (non-hydrogen) atoms. The largest absolute Gasteiger partial charge is 0.372 e. The first-order valence-electron chi connectivity index (χ1n) is 12.5. The molecular weight excluding hydrogens is 502 g/mol. The van der Waals surface area contributed by atoms with Gasteiger partial charge in [-0.05, 0) is 44.2 Å². The van der Waals surface area contributed by atoms with Crippen LogP contribution in [0.1, 0.15) is 13.8 Å². The van der Waals surface area contributed by atoms with E-state index in [0.717, 1.165) is 47.6 Å². The fourth-order valence-electron chi connectivity index (χ4n) is 5.03. The number of non-ortho nitro benzene ring substituents is 1. The van der Waals surface area contributed by atoms with E-state index in [0.29, 0.717) is 22.9 Å². The Balaban J connectivity index is 1.28. The molecule has 10 nitrogen and oxygen atoms in total. The van der Waals surface area contributed by atoms with Gasteiger partial charge < -0.3 is 19.5 Å². The van der Waals surface area contributed by atoms with Crippen molar-refractivity contribution in [2.45, 2.75) is 37.8 Å². The number of rotatable bonds is 6. The molecule has 2 aliphatic heterocycles. The van der Waals surface area contributed by atoms with Crippen LogP contribution in [0.3, 0.4) is 0 Å². The molecule has 0 aliphatic carbocycles. The quantitative estimate of drug-likeness (QED) is 0.260. The van der Waals surface area contributed by atoms with Crippen molar-refractivity contribution in [2.24, 2.45) is 0 Å². The van der Waals surface area contributed by atoms with Crippen molar-refractivity contribution >= 4 is 34.8 Å². The number of hydrogen-bond acceptors (Lipinski definition) is 9. The molecule has 0 saturated carbocycles. The van der Waals surface area contributed by atoms with E-state index in [-0.39, 0.29) is 22.8 Å². The van der Waals surface area contributed by atoms with E-state index in [4.69, 9.17) is 14.7 Å². The number of nitrogens with zero attached hydrogens (tertiary/aromatic N) is 6. The Hall–Kier alpha value is -3.96. The lowest BCUT2D eigenvalue weighted by Gasteiger charge is -2.36. The first kappa shape index (κ1) is 24.4. The molecule has 2 unspecified atom stereocenters. The molecule has 6 rings (SSSR count). The van der Waals surface area contributed by atoms with Crippen LogP contribution in [-0.2, 0) is 11.3 Å². The Kier molecular flexibility index (Phi) is 6.46. The first-order chi connectivity index (χ1) is 18.4. The number of hydrogen-bond donors (Lipinski definition) is 1. The van der Waals surface area contributed by atoms with Crippen molar-refractivity contribution in [3.8, 4) is 22.6 Å². The number of nitro benzene ring substituents is 1. The Morgan fingerprint density at radius 2 is 1.87 bits per heavy atom. The highest BCUT2D eigenvalue weighted by atomic mass is 32.2. The van der Waals surface area contributed by atoms with Crippen LogP contribution in [0.4, 0.5) is 23.0 Å². The van der Waals surface area contributed by atoms with Gasteiger partial charge in [0.2, 0.25) is 5.95 Å². The Bertz CT molecular complexity index is 1480. The lowest BCUT2D eigenvalue weighted by atomic mass is 10.1. The van der Waals surface area contributed by atoms with Crippen LogP contribution in [0.5, 0.6) is 0 Å². The van der Waals surface area contributed by atoms with Crippen LogP contribution in [0.25, 0.3) is 22.6 Å². The highest BCUT2D eigenvalue weighted by Crippen LogP contribution is 2.39. The maximum Gasteiger partial charge on any atom is 0.270 e. The molecular formula is C27H27N7O3S. The van der Waals surface area contributed by atoms with Crippen molar-refractivity contribution in [1.82, 2.24) is 19.5 Å². The molecule has 1 saturated heterocycles. The van der Waals surface area contributed by atoms with Gasteiger partial charge in [0.05, 0.1) is 34.2 Å². The second-order valence-electron chi connectivity index (χ2n) is 9.50. The monoisotopic (exact) mass is 529 g/mol. The van der Waals surface area contributed by atoms with Gasteiger partial charge in [0.25, 0.3) is 5.69 Å². The third-order valence-corrected chi connectivity index (χ3v) is 7.57. The first-order valence-corrected chi connectivity index (χ1v) is 13.5. The van der Waals surface area contributed by atoms with Crippen molar-refractivity contribution < 1.29 is 9.66 Å². The average Bonchev–Trinajstić information content (AvgIpc) is 3.50. The molecule has 0 bridgehead atoms. The number of fused-ring (bicyclic) bond motifs is 1. The summed E-state index contributed by atoms with van der Waals surface area (Å²) in [6.07, 6.45) is 2.11.